The van der Waals surface area contributed by atoms with Gasteiger partial charge in [-0.2, -0.15) is 0 Å². The number of hydrogen-bond acceptors (Lipinski definition) is 3. The smallest absolute Gasteiger partial charge is 0.339 e. The van der Waals surface area contributed by atoms with E-state index < -0.39 is 17.7 Å². The van der Waals surface area contributed by atoms with Crippen molar-refractivity contribution in [2.24, 2.45) is 0 Å². The molecule has 2 aromatic carbocycles. The Labute approximate surface area is 120 Å². The molecule has 1 amide bonds. The van der Waals surface area contributed by atoms with E-state index >= 15 is 0 Å². The van der Waals surface area contributed by atoms with Crippen LogP contribution in [0.2, 0.25) is 0 Å². The number of halogens is 1. The van der Waals surface area contributed by atoms with E-state index in [9.17, 15) is 14.0 Å². The Bertz CT molecular complexity index is 683. The van der Waals surface area contributed by atoms with Gasteiger partial charge in [-0.05, 0) is 36.4 Å². The zero-order chi connectivity index (χ0) is 15.4. The van der Waals surface area contributed by atoms with Gasteiger partial charge in [0.2, 0.25) is 0 Å². The lowest BCUT2D eigenvalue weighted by molar-refractivity contribution is 0.0693. The van der Waals surface area contributed by atoms with Crippen LogP contribution < -0.4 is 10.1 Å². The summed E-state index contributed by atoms with van der Waals surface area (Å²) in [4.78, 5) is 22.9. The molecule has 2 rings (SSSR count). The molecular weight excluding hydrogens is 277 g/mol. The number of nitrogens with one attached hydrogen (secondary N) is 1. The summed E-state index contributed by atoms with van der Waals surface area (Å²) in [5, 5.41) is 11.6. The molecular formula is C15H12FNO4. The first-order chi connectivity index (χ1) is 10.0. The number of rotatable bonds is 4. The minimum atomic E-state index is -1.12. The molecule has 0 radical (unpaired) electrons. The molecule has 0 atom stereocenters. The summed E-state index contributed by atoms with van der Waals surface area (Å²) in [6.45, 7) is 0. The fraction of sp³-hybridized carbons (Fsp3) is 0.0667. The van der Waals surface area contributed by atoms with Gasteiger partial charge < -0.3 is 15.2 Å². The van der Waals surface area contributed by atoms with Crippen LogP contribution >= 0.6 is 0 Å². The maximum absolute atomic E-state index is 12.8. The molecule has 0 aliphatic heterocycles. The SMILES string of the molecule is COc1cc(NC(=O)c2ccc(F)cc2)ccc1C(=O)O. The topological polar surface area (TPSA) is 75.6 Å². The van der Waals surface area contributed by atoms with E-state index in [0.717, 1.165) is 0 Å². The van der Waals surface area contributed by atoms with E-state index in [1.165, 1.54) is 49.6 Å². The van der Waals surface area contributed by atoms with Crippen molar-refractivity contribution in [3.63, 3.8) is 0 Å². The van der Waals surface area contributed by atoms with Gasteiger partial charge in [0, 0.05) is 17.3 Å². The first-order valence-electron chi connectivity index (χ1n) is 5.99. The molecule has 0 fully saturated rings. The van der Waals surface area contributed by atoms with Crippen LogP contribution in [0.5, 0.6) is 5.75 Å². The van der Waals surface area contributed by atoms with Crippen molar-refractivity contribution >= 4 is 17.6 Å². The Morgan fingerprint density at radius 3 is 2.38 bits per heavy atom. The van der Waals surface area contributed by atoms with Crippen LogP contribution in [0.15, 0.2) is 42.5 Å². The Morgan fingerprint density at radius 2 is 1.81 bits per heavy atom. The van der Waals surface area contributed by atoms with Crippen molar-refractivity contribution in [1.29, 1.82) is 0 Å². The fourth-order valence-corrected chi connectivity index (χ4v) is 1.75. The molecule has 5 nitrogen and oxygen atoms in total. The Balaban J connectivity index is 2.21. The first-order valence-corrected chi connectivity index (χ1v) is 5.99. The monoisotopic (exact) mass is 289 g/mol. The van der Waals surface area contributed by atoms with Crippen molar-refractivity contribution in [3.05, 3.63) is 59.4 Å². The van der Waals surface area contributed by atoms with E-state index in [1.807, 2.05) is 0 Å². The number of amides is 1. The summed E-state index contributed by atoms with van der Waals surface area (Å²) in [6, 6.07) is 9.27. The number of carboxylic acid groups (broad SMARTS) is 1. The molecule has 0 spiro atoms. The number of carbonyl (C=O) groups is 2. The predicted molar refractivity (Wildman–Crippen MR) is 74.3 cm³/mol. The highest BCUT2D eigenvalue weighted by molar-refractivity contribution is 6.04. The second kappa shape index (κ2) is 6.04. The molecule has 0 heterocycles. The lowest BCUT2D eigenvalue weighted by Gasteiger charge is -2.09. The van der Waals surface area contributed by atoms with Crippen LogP contribution in [0.1, 0.15) is 20.7 Å². The van der Waals surface area contributed by atoms with E-state index in [0.29, 0.717) is 5.69 Å². The van der Waals surface area contributed by atoms with Gasteiger partial charge in [0.25, 0.3) is 5.91 Å². The standard InChI is InChI=1S/C15H12FNO4/c1-21-13-8-11(6-7-12(13)15(19)20)17-14(18)9-2-4-10(16)5-3-9/h2-8H,1H3,(H,17,18)(H,19,20). The average Bonchev–Trinajstić information content (AvgIpc) is 2.47. The fourth-order valence-electron chi connectivity index (χ4n) is 1.75. The second-order valence-corrected chi connectivity index (χ2v) is 4.18. The maximum Gasteiger partial charge on any atom is 0.339 e. The molecule has 2 aromatic rings. The Morgan fingerprint density at radius 1 is 1.14 bits per heavy atom. The number of anilines is 1. The quantitative estimate of drug-likeness (QED) is 0.907. The third-order valence-electron chi connectivity index (χ3n) is 2.80. The Hall–Kier alpha value is -2.89. The van der Waals surface area contributed by atoms with Gasteiger partial charge in [-0.1, -0.05) is 0 Å². The van der Waals surface area contributed by atoms with Crippen LogP contribution in [-0.4, -0.2) is 24.1 Å². The lowest BCUT2D eigenvalue weighted by Crippen LogP contribution is -2.12. The zero-order valence-corrected chi connectivity index (χ0v) is 11.1. The molecule has 0 saturated heterocycles. The Kier molecular flexibility index (Phi) is 4.18. The molecule has 0 bridgehead atoms. The normalized spacial score (nSPS) is 10.0. The molecule has 0 aliphatic carbocycles. The molecule has 2 N–H and O–H groups in total. The highest BCUT2D eigenvalue weighted by atomic mass is 19.1. The van der Waals surface area contributed by atoms with E-state index in [4.69, 9.17) is 9.84 Å². The number of aromatic carboxylic acids is 1. The number of ether oxygens (including phenoxy) is 1. The van der Waals surface area contributed by atoms with Crippen molar-refractivity contribution in [1.82, 2.24) is 0 Å². The van der Waals surface area contributed by atoms with Gasteiger partial charge in [-0.3, -0.25) is 4.79 Å². The molecule has 0 saturated carbocycles. The maximum atomic E-state index is 12.8. The first kappa shape index (κ1) is 14.5. The van der Waals surface area contributed by atoms with Crippen LogP contribution in [-0.2, 0) is 0 Å². The molecule has 0 aliphatic rings. The number of carbonyl (C=O) groups excluding carboxylic acids is 1. The van der Waals surface area contributed by atoms with Crippen LogP contribution in [0, 0.1) is 5.82 Å². The summed E-state index contributed by atoms with van der Waals surface area (Å²) in [7, 11) is 1.34. The number of benzene rings is 2. The summed E-state index contributed by atoms with van der Waals surface area (Å²) in [5.41, 5.74) is 0.668. The summed E-state index contributed by atoms with van der Waals surface area (Å²) < 4.78 is 17.8. The van der Waals surface area contributed by atoms with Crippen molar-refractivity contribution in [3.8, 4) is 5.75 Å². The third-order valence-corrected chi connectivity index (χ3v) is 2.80. The van der Waals surface area contributed by atoms with Gasteiger partial charge >= 0.3 is 5.97 Å². The summed E-state index contributed by atoms with van der Waals surface area (Å²) in [5.74, 6) is -1.85. The summed E-state index contributed by atoms with van der Waals surface area (Å²) in [6.07, 6.45) is 0. The minimum absolute atomic E-state index is 0.00252. The van der Waals surface area contributed by atoms with Crippen molar-refractivity contribution < 1.29 is 23.8 Å². The van der Waals surface area contributed by atoms with Crippen molar-refractivity contribution in [2.75, 3.05) is 12.4 Å². The molecule has 108 valence electrons. The van der Waals surface area contributed by atoms with E-state index in [-0.39, 0.29) is 16.9 Å². The zero-order valence-electron chi connectivity index (χ0n) is 11.1. The number of methoxy groups -OCH3 is 1. The molecule has 0 aromatic heterocycles. The van der Waals surface area contributed by atoms with Gasteiger partial charge in [-0.25, -0.2) is 9.18 Å². The van der Waals surface area contributed by atoms with Crippen LogP contribution in [0.25, 0.3) is 0 Å². The van der Waals surface area contributed by atoms with Crippen LogP contribution in [0.3, 0.4) is 0 Å². The molecule has 6 heteroatoms. The summed E-state index contributed by atoms with van der Waals surface area (Å²) >= 11 is 0. The van der Waals surface area contributed by atoms with Gasteiger partial charge in [-0.15, -0.1) is 0 Å². The predicted octanol–water partition coefficient (Wildman–Crippen LogP) is 2.78. The van der Waals surface area contributed by atoms with Gasteiger partial charge in [0.15, 0.2) is 0 Å². The van der Waals surface area contributed by atoms with Crippen molar-refractivity contribution in [2.45, 2.75) is 0 Å². The van der Waals surface area contributed by atoms with Gasteiger partial charge in [0.1, 0.15) is 17.1 Å². The molecule has 21 heavy (non-hydrogen) atoms. The highest BCUT2D eigenvalue weighted by Gasteiger charge is 2.13. The van der Waals surface area contributed by atoms with E-state index in [2.05, 4.69) is 5.32 Å². The highest BCUT2D eigenvalue weighted by Crippen LogP contribution is 2.23. The minimum Gasteiger partial charge on any atom is -0.496 e. The number of hydrogen-bond donors (Lipinski definition) is 2. The number of carboxylic acids is 1. The molecule has 0 unspecified atom stereocenters. The van der Waals surface area contributed by atoms with Crippen LogP contribution in [0.4, 0.5) is 10.1 Å². The van der Waals surface area contributed by atoms with Gasteiger partial charge in [0.05, 0.1) is 7.11 Å². The largest absolute Gasteiger partial charge is 0.496 e. The second-order valence-electron chi connectivity index (χ2n) is 4.18. The van der Waals surface area contributed by atoms with E-state index in [1.54, 1.807) is 0 Å². The third kappa shape index (κ3) is 3.36. The lowest BCUT2D eigenvalue weighted by atomic mass is 10.1. The average molecular weight is 289 g/mol.